The van der Waals surface area contributed by atoms with Gasteiger partial charge in [0.2, 0.25) is 0 Å². The molecule has 0 bridgehead atoms. The lowest BCUT2D eigenvalue weighted by atomic mass is 10.1. The van der Waals surface area contributed by atoms with E-state index < -0.39 is 0 Å². The monoisotopic (exact) mass is 257 g/mol. The Morgan fingerprint density at radius 2 is 2.16 bits per heavy atom. The van der Waals surface area contributed by atoms with Gasteiger partial charge in [0, 0.05) is 11.3 Å². The molecule has 98 valence electrons. The summed E-state index contributed by atoms with van der Waals surface area (Å²) in [6, 6.07) is 8.65. The van der Waals surface area contributed by atoms with Crippen LogP contribution in [0, 0.1) is 12.7 Å². The van der Waals surface area contributed by atoms with Crippen LogP contribution >= 0.6 is 0 Å². The molecule has 1 aromatic carbocycles. The number of aromatic nitrogens is 2. The van der Waals surface area contributed by atoms with Gasteiger partial charge in [-0.25, -0.2) is 14.4 Å². The molecule has 19 heavy (non-hydrogen) atoms. The summed E-state index contributed by atoms with van der Waals surface area (Å²) in [5.74, 6) is 0.575. The Morgan fingerprint density at radius 3 is 2.89 bits per heavy atom. The second-order valence-electron chi connectivity index (χ2n) is 4.91. The molecule has 1 fully saturated rings. The van der Waals surface area contributed by atoms with Crippen LogP contribution < -0.4 is 5.32 Å². The average Bonchev–Trinajstić information content (AvgIpc) is 2.92. The molecule has 2 heterocycles. The summed E-state index contributed by atoms with van der Waals surface area (Å²) in [5.41, 5.74) is 2.50. The number of nitrogens with one attached hydrogen (secondary N) is 1. The molecular formula is C15H16FN3. The van der Waals surface area contributed by atoms with Crippen molar-refractivity contribution < 1.29 is 4.39 Å². The summed E-state index contributed by atoms with van der Waals surface area (Å²) in [4.78, 5) is 9.08. The zero-order valence-electron chi connectivity index (χ0n) is 10.9. The van der Waals surface area contributed by atoms with Crippen molar-refractivity contribution in [3.8, 4) is 11.3 Å². The van der Waals surface area contributed by atoms with Gasteiger partial charge >= 0.3 is 0 Å². The lowest BCUT2D eigenvalue weighted by Gasteiger charge is -2.11. The predicted molar refractivity (Wildman–Crippen MR) is 72.1 cm³/mol. The highest BCUT2D eigenvalue weighted by Gasteiger charge is 2.19. The van der Waals surface area contributed by atoms with Gasteiger partial charge in [-0.15, -0.1) is 0 Å². The minimum atomic E-state index is -0.241. The number of nitrogens with zero attached hydrogens (tertiary/aromatic N) is 2. The molecule has 4 heteroatoms. The number of halogens is 1. The van der Waals surface area contributed by atoms with Crippen LogP contribution in [0.3, 0.4) is 0 Å². The SMILES string of the molecule is Cc1cc(-c2cccc(F)c2)nc(C2CCCN2)n1. The summed E-state index contributed by atoms with van der Waals surface area (Å²) in [6.07, 6.45) is 2.21. The number of hydrogen-bond donors (Lipinski definition) is 1. The molecule has 0 radical (unpaired) electrons. The van der Waals surface area contributed by atoms with Crippen LogP contribution in [-0.4, -0.2) is 16.5 Å². The van der Waals surface area contributed by atoms with Gasteiger partial charge in [-0.3, -0.25) is 0 Å². The highest BCUT2D eigenvalue weighted by molar-refractivity contribution is 5.59. The fraction of sp³-hybridized carbons (Fsp3) is 0.333. The molecule has 0 aliphatic carbocycles. The quantitative estimate of drug-likeness (QED) is 0.898. The molecule has 1 saturated heterocycles. The van der Waals surface area contributed by atoms with Gasteiger partial charge in [0.25, 0.3) is 0 Å². The topological polar surface area (TPSA) is 37.8 Å². The first kappa shape index (κ1) is 12.2. The van der Waals surface area contributed by atoms with Crippen LogP contribution in [0.4, 0.5) is 4.39 Å². The van der Waals surface area contributed by atoms with E-state index in [9.17, 15) is 4.39 Å². The molecule has 3 rings (SSSR count). The van der Waals surface area contributed by atoms with Gasteiger partial charge in [-0.1, -0.05) is 12.1 Å². The Kier molecular flexibility index (Phi) is 3.25. The highest BCUT2D eigenvalue weighted by atomic mass is 19.1. The number of benzene rings is 1. The van der Waals surface area contributed by atoms with Crippen molar-refractivity contribution in [1.29, 1.82) is 0 Å². The van der Waals surface area contributed by atoms with Gasteiger partial charge in [0.1, 0.15) is 11.6 Å². The maximum absolute atomic E-state index is 13.3. The Hall–Kier alpha value is -1.81. The average molecular weight is 257 g/mol. The van der Waals surface area contributed by atoms with Gasteiger partial charge in [0.05, 0.1) is 11.7 Å². The Bertz CT molecular complexity index is 592. The van der Waals surface area contributed by atoms with E-state index in [1.807, 2.05) is 19.1 Å². The first-order chi connectivity index (χ1) is 9.22. The number of hydrogen-bond acceptors (Lipinski definition) is 3. The van der Waals surface area contributed by atoms with Crippen molar-refractivity contribution in [3.05, 3.63) is 47.7 Å². The third-order valence-corrected chi connectivity index (χ3v) is 3.36. The zero-order chi connectivity index (χ0) is 13.2. The van der Waals surface area contributed by atoms with Crippen molar-refractivity contribution >= 4 is 0 Å². The molecule has 0 saturated carbocycles. The summed E-state index contributed by atoms with van der Waals surface area (Å²) in [7, 11) is 0. The Labute approximate surface area is 111 Å². The normalized spacial score (nSPS) is 18.7. The fourth-order valence-electron chi connectivity index (χ4n) is 2.45. The van der Waals surface area contributed by atoms with Crippen molar-refractivity contribution in [2.75, 3.05) is 6.54 Å². The molecule has 1 atom stereocenters. The smallest absolute Gasteiger partial charge is 0.146 e. The van der Waals surface area contributed by atoms with E-state index in [0.717, 1.165) is 42.2 Å². The van der Waals surface area contributed by atoms with Crippen LogP contribution in [0.1, 0.15) is 30.4 Å². The van der Waals surface area contributed by atoms with Crippen molar-refractivity contribution in [2.24, 2.45) is 0 Å². The zero-order valence-corrected chi connectivity index (χ0v) is 10.9. The summed E-state index contributed by atoms with van der Waals surface area (Å²) < 4.78 is 13.3. The number of rotatable bonds is 2. The second-order valence-corrected chi connectivity index (χ2v) is 4.91. The van der Waals surface area contributed by atoms with Gasteiger partial charge in [-0.05, 0) is 44.5 Å². The summed E-state index contributed by atoms with van der Waals surface area (Å²) in [6.45, 7) is 2.96. The van der Waals surface area contributed by atoms with E-state index in [0.29, 0.717) is 0 Å². The molecule has 1 aliphatic heterocycles. The largest absolute Gasteiger partial charge is 0.307 e. The molecule has 1 unspecified atom stereocenters. The molecule has 1 aliphatic rings. The van der Waals surface area contributed by atoms with E-state index in [1.165, 1.54) is 12.1 Å². The molecular weight excluding hydrogens is 241 g/mol. The van der Waals surface area contributed by atoms with Crippen molar-refractivity contribution in [2.45, 2.75) is 25.8 Å². The van der Waals surface area contributed by atoms with Crippen LogP contribution in [0.15, 0.2) is 30.3 Å². The van der Waals surface area contributed by atoms with Crippen LogP contribution in [-0.2, 0) is 0 Å². The molecule has 1 aromatic heterocycles. The van der Waals surface area contributed by atoms with Gasteiger partial charge in [-0.2, -0.15) is 0 Å². The minimum Gasteiger partial charge on any atom is -0.307 e. The maximum Gasteiger partial charge on any atom is 0.146 e. The maximum atomic E-state index is 13.3. The van der Waals surface area contributed by atoms with Crippen LogP contribution in [0.2, 0.25) is 0 Å². The Morgan fingerprint density at radius 1 is 1.26 bits per heavy atom. The lowest BCUT2D eigenvalue weighted by molar-refractivity contribution is 0.603. The molecule has 2 aromatic rings. The molecule has 0 spiro atoms. The molecule has 0 amide bonds. The fourth-order valence-corrected chi connectivity index (χ4v) is 2.45. The van der Waals surface area contributed by atoms with Crippen LogP contribution in [0.5, 0.6) is 0 Å². The first-order valence-corrected chi connectivity index (χ1v) is 6.57. The second kappa shape index (κ2) is 5.05. The van der Waals surface area contributed by atoms with Crippen LogP contribution in [0.25, 0.3) is 11.3 Å². The van der Waals surface area contributed by atoms with Gasteiger partial charge < -0.3 is 5.32 Å². The minimum absolute atomic E-state index is 0.229. The van der Waals surface area contributed by atoms with E-state index in [-0.39, 0.29) is 11.9 Å². The molecule has 1 N–H and O–H groups in total. The summed E-state index contributed by atoms with van der Waals surface area (Å²) >= 11 is 0. The third-order valence-electron chi connectivity index (χ3n) is 3.36. The molecule has 3 nitrogen and oxygen atoms in total. The number of aryl methyl sites for hydroxylation is 1. The van der Waals surface area contributed by atoms with Gasteiger partial charge in [0.15, 0.2) is 0 Å². The summed E-state index contributed by atoms with van der Waals surface area (Å²) in [5, 5.41) is 3.39. The van der Waals surface area contributed by atoms with E-state index >= 15 is 0 Å². The Balaban J connectivity index is 2.01. The lowest BCUT2D eigenvalue weighted by Crippen LogP contribution is -2.16. The van der Waals surface area contributed by atoms with Crippen molar-refractivity contribution in [3.63, 3.8) is 0 Å². The van der Waals surface area contributed by atoms with E-state index in [1.54, 1.807) is 6.07 Å². The first-order valence-electron chi connectivity index (χ1n) is 6.57. The predicted octanol–water partition coefficient (Wildman–Crippen LogP) is 3.02. The van der Waals surface area contributed by atoms with E-state index in [2.05, 4.69) is 15.3 Å². The third kappa shape index (κ3) is 2.63. The van der Waals surface area contributed by atoms with E-state index in [4.69, 9.17) is 0 Å². The standard InChI is InChI=1S/C15H16FN3/c1-10-8-14(11-4-2-5-12(16)9-11)19-15(18-10)13-6-3-7-17-13/h2,4-5,8-9,13,17H,3,6-7H2,1H3. The van der Waals surface area contributed by atoms with Crippen molar-refractivity contribution in [1.82, 2.24) is 15.3 Å². The highest BCUT2D eigenvalue weighted by Crippen LogP contribution is 2.24.